The van der Waals surface area contributed by atoms with Crippen LogP contribution in [0.4, 0.5) is 0 Å². The summed E-state index contributed by atoms with van der Waals surface area (Å²) in [5, 5.41) is 0.587. The van der Waals surface area contributed by atoms with E-state index in [1.54, 1.807) is 19.2 Å². The van der Waals surface area contributed by atoms with E-state index >= 15 is 0 Å². The molecular weight excluding hydrogens is 290 g/mol. The molecule has 114 valence electrons. The third-order valence-corrected chi connectivity index (χ3v) is 4.64. The second kappa shape index (κ2) is 5.95. The van der Waals surface area contributed by atoms with Crippen molar-refractivity contribution >= 4 is 17.5 Å². The van der Waals surface area contributed by atoms with Crippen LogP contribution in [0.15, 0.2) is 24.3 Å². The minimum absolute atomic E-state index is 0.0287. The number of amides is 1. The molecule has 2 aliphatic heterocycles. The SMILES string of the molecule is CO[C@@H]1CO[C@]2(CCCN(C(=O)c3cccc(Cl)c3)C2)C1. The number of halogens is 1. The Balaban J connectivity index is 1.73. The lowest BCUT2D eigenvalue weighted by molar-refractivity contribution is -0.0458. The van der Waals surface area contributed by atoms with Gasteiger partial charge in [-0.3, -0.25) is 4.79 Å². The van der Waals surface area contributed by atoms with Gasteiger partial charge in [0.2, 0.25) is 0 Å². The molecule has 2 fully saturated rings. The van der Waals surface area contributed by atoms with Crippen LogP contribution >= 0.6 is 11.6 Å². The van der Waals surface area contributed by atoms with Crippen molar-refractivity contribution in [2.24, 2.45) is 0 Å². The zero-order valence-electron chi connectivity index (χ0n) is 12.2. The fourth-order valence-electron chi connectivity index (χ4n) is 3.31. The number of likely N-dealkylation sites (tertiary alicyclic amines) is 1. The maximum Gasteiger partial charge on any atom is 0.254 e. The average Bonchev–Trinajstić information content (AvgIpc) is 2.89. The summed E-state index contributed by atoms with van der Waals surface area (Å²) in [5.41, 5.74) is 0.411. The van der Waals surface area contributed by atoms with Gasteiger partial charge in [0, 0.05) is 30.7 Å². The van der Waals surface area contributed by atoms with Gasteiger partial charge in [-0.1, -0.05) is 17.7 Å². The summed E-state index contributed by atoms with van der Waals surface area (Å²) in [5.74, 6) is 0.0287. The minimum atomic E-state index is -0.229. The largest absolute Gasteiger partial charge is 0.379 e. The molecule has 2 aliphatic rings. The van der Waals surface area contributed by atoms with E-state index in [9.17, 15) is 4.79 Å². The second-order valence-electron chi connectivity index (χ2n) is 5.90. The van der Waals surface area contributed by atoms with Crippen molar-refractivity contribution in [2.75, 3.05) is 26.8 Å². The van der Waals surface area contributed by atoms with Crippen molar-refractivity contribution in [2.45, 2.75) is 31.0 Å². The predicted octanol–water partition coefficient (Wildman–Crippen LogP) is 2.75. The van der Waals surface area contributed by atoms with Gasteiger partial charge in [0.25, 0.3) is 5.91 Å². The highest BCUT2D eigenvalue weighted by molar-refractivity contribution is 6.30. The van der Waals surface area contributed by atoms with Crippen LogP contribution in [0.2, 0.25) is 5.02 Å². The molecule has 0 aromatic heterocycles. The molecule has 4 nitrogen and oxygen atoms in total. The van der Waals surface area contributed by atoms with Gasteiger partial charge in [0.05, 0.1) is 24.9 Å². The number of benzene rings is 1. The highest BCUT2D eigenvalue weighted by Gasteiger charge is 2.44. The monoisotopic (exact) mass is 309 g/mol. The van der Waals surface area contributed by atoms with Gasteiger partial charge >= 0.3 is 0 Å². The number of ether oxygens (including phenoxy) is 2. The first-order chi connectivity index (χ1) is 10.1. The zero-order chi connectivity index (χ0) is 14.9. The van der Waals surface area contributed by atoms with Crippen LogP contribution in [0.1, 0.15) is 29.6 Å². The number of rotatable bonds is 2. The Morgan fingerprint density at radius 3 is 3.10 bits per heavy atom. The van der Waals surface area contributed by atoms with Crippen molar-refractivity contribution in [3.05, 3.63) is 34.9 Å². The summed E-state index contributed by atoms with van der Waals surface area (Å²) >= 11 is 5.97. The Bertz CT molecular complexity index is 536. The summed E-state index contributed by atoms with van der Waals surface area (Å²) in [6, 6.07) is 7.11. The van der Waals surface area contributed by atoms with Gasteiger partial charge in [0.15, 0.2) is 0 Å². The molecule has 0 N–H and O–H groups in total. The Morgan fingerprint density at radius 1 is 1.52 bits per heavy atom. The Labute approximate surface area is 130 Å². The van der Waals surface area contributed by atoms with Gasteiger partial charge in [-0.15, -0.1) is 0 Å². The summed E-state index contributed by atoms with van der Waals surface area (Å²) in [7, 11) is 1.71. The Morgan fingerprint density at radius 2 is 2.38 bits per heavy atom. The molecule has 1 spiro atoms. The first-order valence-electron chi connectivity index (χ1n) is 7.33. The number of hydrogen-bond donors (Lipinski definition) is 0. The Hall–Kier alpha value is -1.10. The summed E-state index contributed by atoms with van der Waals surface area (Å²) < 4.78 is 11.4. The van der Waals surface area contributed by atoms with E-state index in [1.807, 2.05) is 17.0 Å². The first-order valence-corrected chi connectivity index (χ1v) is 7.71. The van der Waals surface area contributed by atoms with Gasteiger partial charge in [-0.25, -0.2) is 0 Å². The van der Waals surface area contributed by atoms with Crippen LogP contribution in [0.25, 0.3) is 0 Å². The van der Waals surface area contributed by atoms with Crippen LogP contribution in [-0.4, -0.2) is 49.3 Å². The van der Waals surface area contributed by atoms with Crippen LogP contribution in [0.5, 0.6) is 0 Å². The quantitative estimate of drug-likeness (QED) is 0.843. The van der Waals surface area contributed by atoms with Crippen molar-refractivity contribution < 1.29 is 14.3 Å². The van der Waals surface area contributed by atoms with E-state index in [4.69, 9.17) is 21.1 Å². The third-order valence-electron chi connectivity index (χ3n) is 4.41. The maximum absolute atomic E-state index is 12.6. The molecule has 3 rings (SSSR count). The number of nitrogens with zero attached hydrogens (tertiary/aromatic N) is 1. The lowest BCUT2D eigenvalue weighted by Gasteiger charge is -2.39. The molecule has 1 amide bonds. The van der Waals surface area contributed by atoms with E-state index in [0.717, 1.165) is 25.8 Å². The fraction of sp³-hybridized carbons (Fsp3) is 0.562. The molecular formula is C16H20ClNO3. The Kier molecular flexibility index (Phi) is 4.20. The lowest BCUT2D eigenvalue weighted by atomic mass is 9.89. The molecule has 2 saturated heterocycles. The van der Waals surface area contributed by atoms with Crippen LogP contribution < -0.4 is 0 Å². The second-order valence-corrected chi connectivity index (χ2v) is 6.33. The van der Waals surface area contributed by atoms with E-state index in [-0.39, 0.29) is 17.6 Å². The molecule has 0 unspecified atom stereocenters. The molecule has 2 heterocycles. The number of carbonyl (C=O) groups is 1. The molecule has 0 aliphatic carbocycles. The van der Waals surface area contributed by atoms with E-state index in [1.165, 1.54) is 0 Å². The van der Waals surface area contributed by atoms with E-state index < -0.39 is 0 Å². The van der Waals surface area contributed by atoms with Crippen molar-refractivity contribution in [3.63, 3.8) is 0 Å². The summed E-state index contributed by atoms with van der Waals surface area (Å²) in [6.45, 7) is 2.03. The van der Waals surface area contributed by atoms with E-state index in [2.05, 4.69) is 0 Å². The zero-order valence-corrected chi connectivity index (χ0v) is 12.9. The van der Waals surface area contributed by atoms with Crippen molar-refractivity contribution in [3.8, 4) is 0 Å². The van der Waals surface area contributed by atoms with Crippen LogP contribution in [0.3, 0.4) is 0 Å². The van der Waals surface area contributed by atoms with Gasteiger partial charge < -0.3 is 14.4 Å². The number of piperidine rings is 1. The third kappa shape index (κ3) is 3.07. The topological polar surface area (TPSA) is 38.8 Å². The molecule has 5 heteroatoms. The van der Waals surface area contributed by atoms with Gasteiger partial charge in [-0.2, -0.15) is 0 Å². The molecule has 1 aromatic rings. The minimum Gasteiger partial charge on any atom is -0.379 e. The highest BCUT2D eigenvalue weighted by Crippen LogP contribution is 2.36. The van der Waals surface area contributed by atoms with Gasteiger partial charge in [-0.05, 0) is 31.0 Å². The normalized spacial score (nSPS) is 29.0. The summed E-state index contributed by atoms with van der Waals surface area (Å²) in [4.78, 5) is 14.5. The van der Waals surface area contributed by atoms with Gasteiger partial charge in [0.1, 0.15) is 0 Å². The molecule has 1 aromatic carbocycles. The summed E-state index contributed by atoms with van der Waals surface area (Å²) in [6.07, 6.45) is 2.96. The standard InChI is InChI=1S/C16H20ClNO3/c1-20-14-9-16(21-10-14)6-3-7-18(11-16)15(19)12-4-2-5-13(17)8-12/h2,4-5,8,14H,3,6-7,9-11H2,1H3/t14-,16+/m0/s1. The molecule has 21 heavy (non-hydrogen) atoms. The number of carbonyl (C=O) groups excluding carboxylic acids is 1. The highest BCUT2D eigenvalue weighted by atomic mass is 35.5. The molecule has 0 saturated carbocycles. The molecule has 0 bridgehead atoms. The lowest BCUT2D eigenvalue weighted by Crippen LogP contribution is -2.50. The average molecular weight is 310 g/mol. The molecule has 2 atom stereocenters. The maximum atomic E-state index is 12.6. The van der Waals surface area contributed by atoms with Crippen LogP contribution in [-0.2, 0) is 9.47 Å². The molecule has 0 radical (unpaired) electrons. The first kappa shape index (κ1) is 14.8. The number of methoxy groups -OCH3 is 1. The smallest absolute Gasteiger partial charge is 0.254 e. The van der Waals surface area contributed by atoms with Crippen molar-refractivity contribution in [1.29, 1.82) is 0 Å². The van der Waals surface area contributed by atoms with Crippen molar-refractivity contribution in [1.82, 2.24) is 4.90 Å². The van der Waals surface area contributed by atoms with E-state index in [0.29, 0.717) is 23.7 Å². The predicted molar refractivity (Wildman–Crippen MR) is 80.7 cm³/mol. The number of hydrogen-bond acceptors (Lipinski definition) is 3. The van der Waals surface area contributed by atoms with Crippen LogP contribution in [0, 0.1) is 0 Å². The fourth-order valence-corrected chi connectivity index (χ4v) is 3.50.